The van der Waals surface area contributed by atoms with Gasteiger partial charge in [-0.2, -0.15) is 7.82 Å². The molecule has 0 aromatic rings. The zero-order valence-electron chi connectivity index (χ0n) is 6.87. The van der Waals surface area contributed by atoms with Gasteiger partial charge in [0.05, 0.1) is 0 Å². The number of hydrogen-bond acceptors (Lipinski definition) is 8. The summed E-state index contributed by atoms with van der Waals surface area (Å²) in [6.45, 7) is 0. The number of hydrogen-bond donors (Lipinski definition) is 1. The van der Waals surface area contributed by atoms with Gasteiger partial charge in [-0.15, -0.1) is 9.05 Å². The molecule has 3 N–H and O–H groups in total. The van der Waals surface area contributed by atoms with Crippen LogP contribution in [-0.4, -0.2) is 103 Å². The largest absolute Gasteiger partial charge is 2.00 e. The van der Waals surface area contributed by atoms with Crippen LogP contribution in [0.1, 0.15) is 0 Å². The van der Waals surface area contributed by atoms with E-state index in [0.717, 1.165) is 0 Å². The molecule has 0 amide bonds. The van der Waals surface area contributed by atoms with Crippen LogP contribution in [0.15, 0.2) is 0 Å². The molecule has 0 aliphatic heterocycles. The van der Waals surface area contributed by atoms with Crippen LogP contribution in [0.2, 0.25) is 0 Å². The van der Waals surface area contributed by atoms with E-state index in [2.05, 4.69) is 0 Å². The summed E-state index contributed by atoms with van der Waals surface area (Å²) < 4.78 is 8.55. The molecule has 0 rings (SSSR count). The van der Waals surface area contributed by atoms with E-state index in [9.17, 15) is 0 Å². The minimum absolute atomic E-state index is 0. The minimum atomic E-state index is -5.39. The maximum Gasteiger partial charge on any atom is 2.00 e. The summed E-state index contributed by atoms with van der Waals surface area (Å²) in [5.41, 5.74) is 0. The molecule has 0 aromatic heterocycles. The quantitative estimate of drug-likeness (QED) is 0.305. The maximum atomic E-state index is 8.69. The second kappa shape index (κ2) is 16.5. The fourth-order valence-electron chi connectivity index (χ4n) is 0. The molecular weight excluding hydrogens is 396 g/mol. The van der Waals surface area contributed by atoms with E-state index in [1.165, 1.54) is 0 Å². The van der Waals surface area contributed by atoms with Crippen LogP contribution in [0, 0.1) is 0 Å². The summed E-state index contributed by atoms with van der Waals surface area (Å²) >= 11 is 0. The Hall–Kier alpha value is 3.49. The standard InChI is InChI=1S/Ca.H3O4P.HO4Si.H2O.Sr.Zn/c;2*1-5(2,3)4;;;/h;(H3,1,2,3,4);1H;1H2;;/q+2;;-3;;2*+2/p-3. The predicted molar refractivity (Wildman–Crippen MR) is 30.7 cm³/mol. The van der Waals surface area contributed by atoms with Gasteiger partial charge in [-0.25, -0.2) is 0 Å². The van der Waals surface area contributed by atoms with Crippen molar-refractivity contribution in [1.29, 1.82) is 0 Å². The van der Waals surface area contributed by atoms with E-state index in [-0.39, 0.29) is 108 Å². The molecule has 14 heavy (non-hydrogen) atoms. The van der Waals surface area contributed by atoms with Gasteiger partial charge in [0, 0.05) is 0 Å². The van der Waals surface area contributed by atoms with Gasteiger partial charge in [-0.05, 0) is 0 Å². The maximum absolute atomic E-state index is 8.69. The third kappa shape index (κ3) is 267. The van der Waals surface area contributed by atoms with Crippen LogP contribution in [-0.2, 0) is 24.0 Å². The van der Waals surface area contributed by atoms with Gasteiger partial charge in [0.2, 0.25) is 0 Å². The Kier molecular flexibility index (Phi) is 42.4. The first kappa shape index (κ1) is 36.0. The Labute approximate surface area is 160 Å². The van der Waals surface area contributed by atoms with Crippen molar-refractivity contribution in [2.24, 2.45) is 0 Å². The van der Waals surface area contributed by atoms with Crippen molar-refractivity contribution in [2.75, 3.05) is 0 Å². The van der Waals surface area contributed by atoms with Gasteiger partial charge in [-0.3, -0.25) is 0 Å². The van der Waals surface area contributed by atoms with Gasteiger partial charge in [-0.1, -0.05) is 0 Å². The van der Waals surface area contributed by atoms with Crippen molar-refractivity contribution in [3.05, 3.63) is 0 Å². The molecule has 0 atom stereocenters. The monoisotopic (exact) mass is 398 g/mol. The Morgan fingerprint density at radius 2 is 1.07 bits per heavy atom. The molecule has 0 saturated carbocycles. The summed E-state index contributed by atoms with van der Waals surface area (Å²) in [5, 5.41) is 0. The fourth-order valence-corrected chi connectivity index (χ4v) is 0. The summed E-state index contributed by atoms with van der Waals surface area (Å²) in [6, 6.07) is 0. The Morgan fingerprint density at radius 1 is 1.07 bits per heavy atom. The van der Waals surface area contributed by atoms with Gasteiger partial charge in [0.1, 0.15) is 0 Å². The zero-order chi connectivity index (χ0) is 9.00. The molecule has 0 aromatic carbocycles. The van der Waals surface area contributed by atoms with Gasteiger partial charge in [0.15, 0.2) is 0 Å². The summed E-state index contributed by atoms with van der Waals surface area (Å²) in [6.07, 6.45) is 0. The Balaban J connectivity index is -0.0000000178. The third-order valence-electron chi connectivity index (χ3n) is 0. The first-order valence-corrected chi connectivity index (χ1v) is 4.70. The number of rotatable bonds is 0. The SMILES string of the molecule is O.O=P([O-])([O-])[O-].[Ca+2].[O-][Si]([O-])([O-])O.[Sr+2].[Zn+2]. The van der Waals surface area contributed by atoms with Crippen LogP contribution in [0.4, 0.5) is 0 Å². The van der Waals surface area contributed by atoms with Crippen molar-refractivity contribution in [1.82, 2.24) is 0 Å². The van der Waals surface area contributed by atoms with Crippen molar-refractivity contribution in [2.45, 2.75) is 0 Å². The summed E-state index contributed by atoms with van der Waals surface area (Å²) in [5.74, 6) is 0. The van der Waals surface area contributed by atoms with Crippen LogP contribution >= 0.6 is 7.82 Å². The van der Waals surface area contributed by atoms with Gasteiger partial charge < -0.3 is 43.9 Å². The predicted octanol–water partition coefficient (Wildman–Crippen LogP) is -8.92. The Morgan fingerprint density at radius 3 is 1.07 bits per heavy atom. The molecule has 0 aliphatic rings. The first-order valence-electron chi connectivity index (χ1n) is 1.57. The van der Waals surface area contributed by atoms with Crippen LogP contribution in [0.3, 0.4) is 0 Å². The summed E-state index contributed by atoms with van der Waals surface area (Å²) in [4.78, 5) is 58.7. The average Bonchev–Trinajstić information content (AvgIpc) is 1.12. The van der Waals surface area contributed by atoms with Crippen molar-refractivity contribution in [3.8, 4) is 0 Å². The molecule has 0 fully saturated rings. The molecule has 0 heterocycles. The topological polar surface area (TPSA) is 207 Å². The normalized spacial score (nSPS) is 8.50. The van der Waals surface area contributed by atoms with E-state index in [0.29, 0.717) is 0 Å². The molecule has 9 nitrogen and oxygen atoms in total. The molecule has 14 heteroatoms. The van der Waals surface area contributed by atoms with Crippen LogP contribution in [0.5, 0.6) is 0 Å². The Bertz CT molecular complexity index is 117. The van der Waals surface area contributed by atoms with Gasteiger partial charge in [0.25, 0.3) is 0 Å². The van der Waals surface area contributed by atoms with E-state index in [1.54, 1.807) is 0 Å². The average molecular weight is 399 g/mol. The zero-order valence-corrected chi connectivity index (χ0v) is 17.4. The van der Waals surface area contributed by atoms with E-state index in [1.807, 2.05) is 0 Å². The number of phosphoric acid groups is 1. The van der Waals surface area contributed by atoms with Crippen LogP contribution in [0.25, 0.3) is 0 Å². The molecule has 0 aliphatic carbocycles. The van der Waals surface area contributed by atoms with Crippen molar-refractivity contribution in [3.63, 3.8) is 0 Å². The molecule has 0 unspecified atom stereocenters. The fraction of sp³-hybridized carbons (Fsp3) is 0. The molecule has 0 bridgehead atoms. The molecular formula is H3CaO9PSiSrZn. The van der Waals surface area contributed by atoms with Crippen molar-refractivity contribution >= 4 is 100 Å². The van der Waals surface area contributed by atoms with E-state index < -0.39 is 16.9 Å². The first-order chi connectivity index (χ1) is 4.00. The second-order valence-corrected chi connectivity index (χ2v) is 2.91. The molecule has 0 radical (unpaired) electrons. The van der Waals surface area contributed by atoms with E-state index >= 15 is 0 Å². The van der Waals surface area contributed by atoms with E-state index in [4.69, 9.17) is 38.4 Å². The van der Waals surface area contributed by atoms with Crippen molar-refractivity contribution < 1.29 is 63.4 Å². The molecule has 0 spiro atoms. The third-order valence-corrected chi connectivity index (χ3v) is 0. The minimum Gasteiger partial charge on any atom is -0.861 e. The molecule has 0 saturated heterocycles. The van der Waals surface area contributed by atoms with Gasteiger partial charge >= 0.3 is 103 Å². The molecule has 72 valence electrons. The smallest absolute Gasteiger partial charge is 0.861 e. The second-order valence-electron chi connectivity index (χ2n) is 0.971. The summed E-state index contributed by atoms with van der Waals surface area (Å²) in [7, 11) is -10.8. The van der Waals surface area contributed by atoms with Crippen LogP contribution < -0.4 is 29.1 Å².